The summed E-state index contributed by atoms with van der Waals surface area (Å²) in [7, 11) is 0. The molecule has 8 heteroatoms. The van der Waals surface area contributed by atoms with Crippen molar-refractivity contribution in [1.29, 1.82) is 0 Å². The quantitative estimate of drug-likeness (QED) is 0.642. The lowest BCUT2D eigenvalue weighted by Gasteiger charge is -2.37. The fraction of sp³-hybridized carbons (Fsp3) is 0.350. The van der Waals surface area contributed by atoms with Gasteiger partial charge in [-0.3, -0.25) is 19.8 Å². The number of ketones is 1. The molecule has 28 heavy (non-hydrogen) atoms. The highest BCUT2D eigenvalue weighted by molar-refractivity contribution is 6.01. The summed E-state index contributed by atoms with van der Waals surface area (Å²) in [6.45, 7) is 3.67. The topological polar surface area (TPSA) is 124 Å². The minimum atomic E-state index is -1.06. The predicted octanol–water partition coefficient (Wildman–Crippen LogP) is 2.37. The number of allylic oxidation sites excluding steroid dienone is 2. The van der Waals surface area contributed by atoms with Gasteiger partial charge in [0.2, 0.25) is 0 Å². The van der Waals surface area contributed by atoms with Crippen LogP contribution in [0.4, 0.5) is 5.82 Å². The Kier molecular flexibility index (Phi) is 4.14. The van der Waals surface area contributed by atoms with E-state index < -0.39 is 18.5 Å². The number of aromatic amines is 2. The molecule has 4 N–H and O–H groups in total. The smallest absolute Gasteiger partial charge is 0.341 e. The molecule has 2 aromatic rings. The van der Waals surface area contributed by atoms with Gasteiger partial charge < -0.3 is 15.2 Å². The maximum absolute atomic E-state index is 13.0. The summed E-state index contributed by atoms with van der Waals surface area (Å²) in [5.41, 5.74) is 2.28. The van der Waals surface area contributed by atoms with Crippen LogP contribution in [0.25, 0.3) is 0 Å². The van der Waals surface area contributed by atoms with Crippen LogP contribution in [0.5, 0.6) is 5.75 Å². The first kappa shape index (κ1) is 18.1. The van der Waals surface area contributed by atoms with Crippen LogP contribution in [0.1, 0.15) is 43.7 Å². The summed E-state index contributed by atoms with van der Waals surface area (Å²) in [5, 5.41) is 17.4. The average Bonchev–Trinajstić information content (AvgIpc) is 2.98. The van der Waals surface area contributed by atoms with Crippen LogP contribution in [0.3, 0.4) is 0 Å². The second-order valence-corrected chi connectivity index (χ2v) is 8.01. The molecule has 2 aliphatic rings. The van der Waals surface area contributed by atoms with Crippen LogP contribution in [0.15, 0.2) is 40.3 Å². The molecule has 0 amide bonds. The highest BCUT2D eigenvalue weighted by atomic mass is 16.5. The standard InChI is InChI=1S/C20H21N3O5/c1-20(2)7-12-16(13(24)8-20)15(17-18(21-12)22-23-19(17)27)10-3-5-11(6-4-10)28-9-14(25)26/h3-6,15H,7-9H2,1-2H3,(H,25,26)(H3,21,22,23,27). The van der Waals surface area contributed by atoms with Gasteiger partial charge in [0, 0.05) is 23.6 Å². The second-order valence-electron chi connectivity index (χ2n) is 8.01. The summed E-state index contributed by atoms with van der Waals surface area (Å²) < 4.78 is 5.18. The molecule has 8 nitrogen and oxygen atoms in total. The summed E-state index contributed by atoms with van der Waals surface area (Å²) >= 11 is 0. The third-order valence-corrected chi connectivity index (χ3v) is 5.16. The van der Waals surface area contributed by atoms with Gasteiger partial charge in [-0.15, -0.1) is 0 Å². The first-order valence-corrected chi connectivity index (χ1v) is 9.03. The van der Waals surface area contributed by atoms with E-state index in [-0.39, 0.29) is 16.8 Å². The third-order valence-electron chi connectivity index (χ3n) is 5.16. The zero-order valence-electron chi connectivity index (χ0n) is 15.6. The van der Waals surface area contributed by atoms with Crippen LogP contribution < -0.4 is 15.6 Å². The van der Waals surface area contributed by atoms with Gasteiger partial charge in [0.05, 0.1) is 5.56 Å². The summed E-state index contributed by atoms with van der Waals surface area (Å²) in [4.78, 5) is 36.1. The molecular formula is C20H21N3O5. The number of aromatic nitrogens is 2. The minimum absolute atomic E-state index is 0.0289. The molecule has 0 saturated carbocycles. The van der Waals surface area contributed by atoms with Crippen molar-refractivity contribution >= 4 is 17.6 Å². The van der Waals surface area contributed by atoms with Crippen molar-refractivity contribution in [1.82, 2.24) is 10.2 Å². The molecule has 1 aromatic heterocycles. The Balaban J connectivity index is 1.78. The van der Waals surface area contributed by atoms with Crippen molar-refractivity contribution in [3.05, 3.63) is 57.0 Å². The molecule has 0 saturated heterocycles. The lowest BCUT2D eigenvalue weighted by Crippen LogP contribution is -2.34. The number of anilines is 1. The maximum atomic E-state index is 13.0. The third kappa shape index (κ3) is 3.11. The Hall–Kier alpha value is -3.29. The van der Waals surface area contributed by atoms with E-state index in [1.54, 1.807) is 24.3 Å². The number of Topliss-reactive ketones (excluding diaryl/α,β-unsaturated/α-hetero) is 1. The Morgan fingerprint density at radius 2 is 1.89 bits per heavy atom. The number of H-pyrrole nitrogens is 2. The zero-order chi connectivity index (χ0) is 20.1. The van der Waals surface area contributed by atoms with Gasteiger partial charge in [-0.1, -0.05) is 26.0 Å². The van der Waals surface area contributed by atoms with E-state index in [4.69, 9.17) is 9.84 Å². The van der Waals surface area contributed by atoms with Crippen molar-refractivity contribution in [2.75, 3.05) is 11.9 Å². The molecule has 2 heterocycles. The molecule has 1 atom stereocenters. The number of aliphatic carboxylic acids is 1. The molecule has 0 bridgehead atoms. The SMILES string of the molecule is CC1(C)CC(=O)C2=C(C1)Nc1[nH][nH]c(=O)c1C2c1ccc(OCC(=O)O)cc1. The van der Waals surface area contributed by atoms with Crippen LogP contribution >= 0.6 is 0 Å². The van der Waals surface area contributed by atoms with Crippen molar-refractivity contribution in [2.24, 2.45) is 5.41 Å². The molecule has 4 rings (SSSR count). The molecule has 1 aromatic carbocycles. The van der Waals surface area contributed by atoms with Gasteiger partial charge in [0.15, 0.2) is 12.4 Å². The molecule has 146 valence electrons. The van der Waals surface area contributed by atoms with Gasteiger partial charge >= 0.3 is 5.97 Å². The number of hydrogen-bond acceptors (Lipinski definition) is 5. The lowest BCUT2D eigenvalue weighted by molar-refractivity contribution is -0.139. The number of fused-ring (bicyclic) bond motifs is 1. The van der Waals surface area contributed by atoms with Crippen molar-refractivity contribution < 1.29 is 19.4 Å². The van der Waals surface area contributed by atoms with Gasteiger partial charge in [0.25, 0.3) is 5.56 Å². The van der Waals surface area contributed by atoms with Crippen LogP contribution in [0.2, 0.25) is 0 Å². The van der Waals surface area contributed by atoms with E-state index in [2.05, 4.69) is 29.4 Å². The Morgan fingerprint density at radius 1 is 1.18 bits per heavy atom. The van der Waals surface area contributed by atoms with Crippen molar-refractivity contribution in [3.63, 3.8) is 0 Å². The highest BCUT2D eigenvalue weighted by Crippen LogP contribution is 2.47. The van der Waals surface area contributed by atoms with Gasteiger partial charge in [0.1, 0.15) is 11.6 Å². The summed E-state index contributed by atoms with van der Waals surface area (Å²) in [5.74, 6) is -0.533. The normalized spacial score (nSPS) is 20.2. The first-order valence-electron chi connectivity index (χ1n) is 9.03. The fourth-order valence-electron chi connectivity index (χ4n) is 4.05. The number of carboxylic acid groups (broad SMARTS) is 1. The summed E-state index contributed by atoms with van der Waals surface area (Å²) in [6.07, 6.45) is 1.12. The number of hydrogen-bond donors (Lipinski definition) is 4. The number of carbonyl (C=O) groups excluding carboxylic acids is 1. The number of benzene rings is 1. The molecule has 0 radical (unpaired) electrons. The fourth-order valence-corrected chi connectivity index (χ4v) is 4.05. The zero-order valence-corrected chi connectivity index (χ0v) is 15.6. The number of nitrogens with one attached hydrogen (secondary N) is 3. The van der Waals surface area contributed by atoms with Crippen LogP contribution in [-0.4, -0.2) is 33.7 Å². The monoisotopic (exact) mass is 383 g/mol. The number of ether oxygens (including phenoxy) is 1. The number of rotatable bonds is 4. The van der Waals surface area contributed by atoms with E-state index in [0.29, 0.717) is 35.5 Å². The van der Waals surface area contributed by atoms with Gasteiger partial charge in [-0.2, -0.15) is 0 Å². The van der Waals surface area contributed by atoms with Crippen LogP contribution in [0, 0.1) is 5.41 Å². The van der Waals surface area contributed by atoms with E-state index in [1.165, 1.54) is 0 Å². The summed E-state index contributed by atoms with van der Waals surface area (Å²) in [6, 6.07) is 6.83. The first-order chi connectivity index (χ1) is 13.2. The molecule has 0 spiro atoms. The van der Waals surface area contributed by atoms with Gasteiger partial charge in [-0.25, -0.2) is 4.79 Å². The molecule has 0 fully saturated rings. The second kappa shape index (κ2) is 6.40. The van der Waals surface area contributed by atoms with E-state index in [9.17, 15) is 14.4 Å². The predicted molar refractivity (Wildman–Crippen MR) is 101 cm³/mol. The maximum Gasteiger partial charge on any atom is 0.341 e. The Bertz CT molecular complexity index is 1040. The van der Waals surface area contributed by atoms with Gasteiger partial charge in [-0.05, 0) is 29.5 Å². The number of carbonyl (C=O) groups is 2. The molecule has 1 aliphatic carbocycles. The van der Waals surface area contributed by atoms with E-state index in [1.807, 2.05) is 0 Å². The minimum Gasteiger partial charge on any atom is -0.482 e. The van der Waals surface area contributed by atoms with Crippen LogP contribution in [-0.2, 0) is 9.59 Å². The van der Waals surface area contributed by atoms with E-state index in [0.717, 1.165) is 11.3 Å². The Labute approximate surface area is 160 Å². The molecular weight excluding hydrogens is 362 g/mol. The highest BCUT2D eigenvalue weighted by Gasteiger charge is 2.42. The lowest BCUT2D eigenvalue weighted by atomic mass is 9.69. The molecule has 1 aliphatic heterocycles. The average molecular weight is 383 g/mol. The molecule has 1 unspecified atom stereocenters. The van der Waals surface area contributed by atoms with Crippen molar-refractivity contribution in [3.8, 4) is 5.75 Å². The van der Waals surface area contributed by atoms with E-state index >= 15 is 0 Å². The largest absolute Gasteiger partial charge is 0.482 e. The number of carboxylic acids is 1. The van der Waals surface area contributed by atoms with Crippen molar-refractivity contribution in [2.45, 2.75) is 32.6 Å². The Morgan fingerprint density at radius 3 is 2.57 bits per heavy atom.